The van der Waals surface area contributed by atoms with E-state index >= 15 is 0 Å². The predicted octanol–water partition coefficient (Wildman–Crippen LogP) is 4.50. The minimum absolute atomic E-state index is 0.198. The Morgan fingerprint density at radius 1 is 0.947 bits per heavy atom. The van der Waals surface area contributed by atoms with Gasteiger partial charge in [0.25, 0.3) is 0 Å². The Morgan fingerprint density at radius 3 is 2.29 bits per heavy atom. The maximum Gasteiger partial charge on any atom is 0.311 e. The second-order valence-electron chi connectivity index (χ2n) is 11.0. The largest absolute Gasteiger partial charge is 0.361 e. The number of amides is 3. The molecule has 2 N–H and O–H groups in total. The van der Waals surface area contributed by atoms with Crippen molar-refractivity contribution in [3.8, 4) is 0 Å². The molecule has 202 valence electrons. The minimum atomic E-state index is -0.911. The van der Waals surface area contributed by atoms with Crippen LogP contribution in [-0.4, -0.2) is 58.7 Å². The Hall–Kier alpha value is -2.26. The third-order valence-electron chi connectivity index (χ3n) is 8.54. The molecule has 3 amide bonds. The van der Waals surface area contributed by atoms with Crippen molar-refractivity contribution in [1.82, 2.24) is 14.8 Å². The molecule has 0 radical (unpaired) electrons. The number of aryl methyl sites for hydroxylation is 3. The molecule has 2 saturated heterocycles. The van der Waals surface area contributed by atoms with Crippen molar-refractivity contribution < 1.29 is 14.4 Å². The topological polar surface area (TPSA) is 96.6 Å². The molecule has 2 fully saturated rings. The van der Waals surface area contributed by atoms with Crippen LogP contribution in [0.4, 0.5) is 0 Å². The fourth-order valence-corrected chi connectivity index (χ4v) is 7.81. The van der Waals surface area contributed by atoms with E-state index in [0.29, 0.717) is 25.4 Å². The van der Waals surface area contributed by atoms with Gasteiger partial charge >= 0.3 is 11.8 Å². The molecule has 2 aliphatic heterocycles. The van der Waals surface area contributed by atoms with Crippen LogP contribution in [-0.2, 0) is 27.2 Å². The molecule has 1 atom stereocenters. The second kappa shape index (κ2) is 11.5. The van der Waals surface area contributed by atoms with E-state index in [-0.39, 0.29) is 17.7 Å². The van der Waals surface area contributed by atoms with Crippen molar-refractivity contribution in [3.63, 3.8) is 0 Å². The number of nitrogens with zero attached hydrogens (tertiary/aromatic N) is 3. The van der Waals surface area contributed by atoms with Crippen molar-refractivity contribution in [2.45, 2.75) is 57.8 Å². The van der Waals surface area contributed by atoms with Gasteiger partial charge in [0.2, 0.25) is 5.91 Å². The Kier molecular flexibility index (Phi) is 8.24. The normalized spacial score (nSPS) is 20.4. The number of primary amides is 1. The van der Waals surface area contributed by atoms with Crippen LogP contribution in [0.25, 0.3) is 0 Å². The van der Waals surface area contributed by atoms with Crippen molar-refractivity contribution in [1.29, 1.82) is 0 Å². The number of fused-ring (bicyclic) bond motifs is 2. The molecule has 1 aliphatic carbocycles. The molecule has 0 bridgehead atoms. The Bertz CT molecular complexity index is 1250. The molecule has 1 aromatic heterocycles. The fourth-order valence-electron chi connectivity index (χ4n) is 6.57. The van der Waals surface area contributed by atoms with E-state index < -0.39 is 11.8 Å². The summed E-state index contributed by atoms with van der Waals surface area (Å²) in [7, 11) is 0. The number of halogens is 2. The lowest BCUT2D eigenvalue weighted by Crippen LogP contribution is -2.45. The Balaban J connectivity index is 1.27. The van der Waals surface area contributed by atoms with Gasteiger partial charge in [-0.15, -0.1) is 0 Å². The second-order valence-corrected chi connectivity index (χ2v) is 12.8. The standard InChI is InChI=1S/C29H34Br2N4O3/c1-17-12-20-2-3-21-15-22(30)16-33-27(21)26(25(20)23(31)13-17)19-6-10-34(11-7-19)24(36)14-18-4-8-35(9-5-18)29(38)28(32)37/h12-13,15-16,18-19,26H,2-11,14H2,1H3,(H2,32,37). The molecule has 5 rings (SSSR count). The van der Waals surface area contributed by atoms with Crippen molar-refractivity contribution in [2.75, 3.05) is 26.2 Å². The van der Waals surface area contributed by atoms with E-state index in [4.69, 9.17) is 10.7 Å². The molecule has 38 heavy (non-hydrogen) atoms. The maximum absolute atomic E-state index is 13.2. The first kappa shape index (κ1) is 27.3. The number of hydrogen-bond acceptors (Lipinski definition) is 4. The number of aromatic nitrogens is 1. The average molecular weight is 646 g/mol. The van der Waals surface area contributed by atoms with E-state index in [1.807, 2.05) is 11.1 Å². The van der Waals surface area contributed by atoms with E-state index in [2.05, 4.69) is 57.0 Å². The highest BCUT2D eigenvalue weighted by atomic mass is 79.9. The number of likely N-dealkylation sites (tertiary alicyclic amines) is 2. The third kappa shape index (κ3) is 5.69. The first-order valence-corrected chi connectivity index (χ1v) is 15.1. The van der Waals surface area contributed by atoms with Gasteiger partial charge in [-0.25, -0.2) is 0 Å². The van der Waals surface area contributed by atoms with Crippen LogP contribution in [0, 0.1) is 18.8 Å². The van der Waals surface area contributed by atoms with Crippen LogP contribution in [0.3, 0.4) is 0 Å². The highest BCUT2D eigenvalue weighted by Gasteiger charge is 2.37. The maximum atomic E-state index is 13.2. The van der Waals surface area contributed by atoms with Crippen LogP contribution in [0.1, 0.15) is 66.0 Å². The number of benzene rings is 1. The number of pyridine rings is 1. The summed E-state index contributed by atoms with van der Waals surface area (Å²) in [5.74, 6) is -0.489. The van der Waals surface area contributed by atoms with Crippen LogP contribution >= 0.6 is 31.9 Å². The number of nitrogens with two attached hydrogens (primary N) is 1. The molecular weight excluding hydrogens is 612 g/mol. The molecule has 0 saturated carbocycles. The summed E-state index contributed by atoms with van der Waals surface area (Å²) in [5, 5.41) is 0. The quantitative estimate of drug-likeness (QED) is 0.498. The molecule has 3 heterocycles. The SMILES string of the molecule is Cc1cc(Br)c2c(c1)CCc1cc(Br)cnc1C2C1CCN(C(=O)CC2CCN(C(=O)C(N)=O)CC2)CC1. The summed E-state index contributed by atoms with van der Waals surface area (Å²) in [6.07, 6.45) is 7.73. The van der Waals surface area contributed by atoms with E-state index in [9.17, 15) is 14.4 Å². The highest BCUT2D eigenvalue weighted by Crippen LogP contribution is 2.45. The monoisotopic (exact) mass is 644 g/mol. The van der Waals surface area contributed by atoms with Crippen LogP contribution < -0.4 is 5.73 Å². The van der Waals surface area contributed by atoms with Crippen molar-refractivity contribution >= 4 is 49.6 Å². The number of piperidine rings is 2. The zero-order valence-corrected chi connectivity index (χ0v) is 24.9. The van der Waals surface area contributed by atoms with Gasteiger partial charge in [0.15, 0.2) is 0 Å². The van der Waals surface area contributed by atoms with Crippen LogP contribution in [0.2, 0.25) is 0 Å². The zero-order chi connectivity index (χ0) is 27.0. The summed E-state index contributed by atoms with van der Waals surface area (Å²) < 4.78 is 2.18. The van der Waals surface area contributed by atoms with Gasteiger partial charge in [-0.3, -0.25) is 19.4 Å². The van der Waals surface area contributed by atoms with Gasteiger partial charge < -0.3 is 15.5 Å². The van der Waals surface area contributed by atoms with Gasteiger partial charge in [0, 0.05) is 53.7 Å². The van der Waals surface area contributed by atoms with E-state index in [0.717, 1.165) is 60.6 Å². The molecule has 1 unspecified atom stereocenters. The van der Waals surface area contributed by atoms with Gasteiger partial charge in [-0.2, -0.15) is 0 Å². The highest BCUT2D eigenvalue weighted by molar-refractivity contribution is 9.10. The summed E-state index contributed by atoms with van der Waals surface area (Å²) in [4.78, 5) is 44.7. The fraction of sp³-hybridized carbons (Fsp3) is 0.517. The number of rotatable bonds is 3. The van der Waals surface area contributed by atoms with Crippen molar-refractivity contribution in [2.24, 2.45) is 17.6 Å². The average Bonchev–Trinajstić information content (AvgIpc) is 3.05. The summed E-state index contributed by atoms with van der Waals surface area (Å²) in [6, 6.07) is 6.77. The van der Waals surface area contributed by atoms with E-state index in [1.54, 1.807) is 0 Å². The van der Waals surface area contributed by atoms with Gasteiger partial charge in [-0.1, -0.05) is 22.0 Å². The lowest BCUT2D eigenvalue weighted by molar-refractivity contribution is -0.145. The van der Waals surface area contributed by atoms with Crippen LogP contribution in [0.15, 0.2) is 33.3 Å². The Morgan fingerprint density at radius 2 is 1.61 bits per heavy atom. The molecule has 3 aliphatic rings. The summed E-state index contributed by atoms with van der Waals surface area (Å²) in [6.45, 7) is 4.63. The molecule has 0 spiro atoms. The smallest absolute Gasteiger partial charge is 0.311 e. The number of carbonyl (C=O) groups is 3. The van der Waals surface area contributed by atoms with Crippen LogP contribution in [0.5, 0.6) is 0 Å². The van der Waals surface area contributed by atoms with Crippen molar-refractivity contribution in [3.05, 3.63) is 61.3 Å². The molecule has 7 nitrogen and oxygen atoms in total. The molecule has 2 aromatic rings. The van der Waals surface area contributed by atoms with E-state index in [1.165, 1.54) is 32.8 Å². The predicted molar refractivity (Wildman–Crippen MR) is 152 cm³/mol. The third-order valence-corrected chi connectivity index (χ3v) is 9.63. The number of hydrogen-bond donors (Lipinski definition) is 1. The first-order valence-electron chi connectivity index (χ1n) is 13.5. The molecule has 9 heteroatoms. The minimum Gasteiger partial charge on any atom is -0.361 e. The summed E-state index contributed by atoms with van der Waals surface area (Å²) in [5.41, 5.74) is 11.6. The summed E-state index contributed by atoms with van der Waals surface area (Å²) >= 11 is 7.52. The Labute approximate surface area is 240 Å². The molecular formula is C29H34Br2N4O3. The molecule has 1 aromatic carbocycles. The lowest BCUT2D eigenvalue weighted by atomic mass is 9.76. The lowest BCUT2D eigenvalue weighted by Gasteiger charge is -2.38. The zero-order valence-electron chi connectivity index (χ0n) is 21.7. The first-order chi connectivity index (χ1) is 18.2. The van der Waals surface area contributed by atoms with Gasteiger partial charge in [0.05, 0.1) is 5.69 Å². The van der Waals surface area contributed by atoms with Gasteiger partial charge in [-0.05, 0) is 108 Å². The number of carbonyl (C=O) groups excluding carboxylic acids is 3. The van der Waals surface area contributed by atoms with Gasteiger partial charge in [0.1, 0.15) is 0 Å².